The van der Waals surface area contributed by atoms with E-state index in [2.05, 4.69) is 58.4 Å². The minimum Gasteiger partial charge on any atom is -0.301 e. The summed E-state index contributed by atoms with van der Waals surface area (Å²) in [5.41, 5.74) is 1.32. The van der Waals surface area contributed by atoms with Crippen molar-refractivity contribution in [3.05, 3.63) is 34.3 Å². The molecule has 1 N–H and O–H groups in total. The van der Waals surface area contributed by atoms with E-state index in [1.54, 1.807) is 0 Å². The Kier molecular flexibility index (Phi) is 4.87. The molecule has 0 radical (unpaired) electrons. The van der Waals surface area contributed by atoms with Crippen LogP contribution >= 0.6 is 15.9 Å². The van der Waals surface area contributed by atoms with Crippen LogP contribution in [0.4, 0.5) is 0 Å². The molecule has 1 aromatic carbocycles. The van der Waals surface area contributed by atoms with Gasteiger partial charge in [0.05, 0.1) is 6.04 Å². The fourth-order valence-electron chi connectivity index (χ4n) is 1.51. The predicted molar refractivity (Wildman–Crippen MR) is 68.7 cm³/mol. The van der Waals surface area contributed by atoms with Crippen molar-refractivity contribution in [1.29, 1.82) is 0 Å². The third kappa shape index (κ3) is 4.51. The highest BCUT2D eigenvalue weighted by Crippen LogP contribution is 2.11. The number of benzene rings is 1. The third-order valence-corrected chi connectivity index (χ3v) is 2.77. The number of hydrogen-bond donors (Lipinski definition) is 1. The second-order valence-corrected chi connectivity index (χ2v) is 4.70. The average molecular weight is 266 g/mol. The molecule has 80 valence electrons. The summed E-state index contributed by atoms with van der Waals surface area (Å²) in [4.78, 5) is 0. The number of hydrogen-bond acceptors (Lipinski definition) is 1. The molecule has 0 saturated carbocycles. The van der Waals surface area contributed by atoms with E-state index >= 15 is 0 Å². The Labute approximate surface area is 100 Å². The monoisotopic (exact) mass is 265 g/mol. The van der Waals surface area contributed by atoms with Crippen molar-refractivity contribution in [2.24, 2.45) is 0 Å². The Hall–Kier alpha value is -0.780. The van der Waals surface area contributed by atoms with Gasteiger partial charge < -0.3 is 5.32 Å². The first kappa shape index (κ1) is 12.3. The van der Waals surface area contributed by atoms with Crippen molar-refractivity contribution in [2.75, 3.05) is 0 Å². The minimum absolute atomic E-state index is 0.135. The topological polar surface area (TPSA) is 12.0 Å². The fraction of sp³-hybridized carbons (Fsp3) is 0.385. The maximum absolute atomic E-state index is 5.31. The molecule has 0 spiro atoms. The van der Waals surface area contributed by atoms with Crippen molar-refractivity contribution >= 4 is 15.9 Å². The van der Waals surface area contributed by atoms with Crippen LogP contribution in [-0.4, -0.2) is 12.1 Å². The van der Waals surface area contributed by atoms with Crippen LogP contribution in [0, 0.1) is 12.3 Å². The standard InChI is InChI=1S/C13H16BrN/c1-4-10(2)15-11(3)9-12-5-7-13(14)8-6-12/h1,5-8,10-11,15H,9H2,2-3H3. The van der Waals surface area contributed by atoms with Crippen molar-refractivity contribution in [1.82, 2.24) is 5.32 Å². The zero-order valence-electron chi connectivity index (χ0n) is 9.13. The Morgan fingerprint density at radius 1 is 1.33 bits per heavy atom. The van der Waals surface area contributed by atoms with Gasteiger partial charge in [-0.3, -0.25) is 0 Å². The molecule has 0 aromatic heterocycles. The van der Waals surface area contributed by atoms with Gasteiger partial charge in [0.25, 0.3) is 0 Å². The lowest BCUT2D eigenvalue weighted by atomic mass is 10.1. The van der Waals surface area contributed by atoms with Gasteiger partial charge in [-0.15, -0.1) is 6.42 Å². The van der Waals surface area contributed by atoms with Gasteiger partial charge in [0.1, 0.15) is 0 Å². The molecule has 0 bridgehead atoms. The van der Waals surface area contributed by atoms with E-state index in [1.807, 2.05) is 6.92 Å². The normalized spacial score (nSPS) is 14.3. The van der Waals surface area contributed by atoms with E-state index in [1.165, 1.54) is 5.56 Å². The lowest BCUT2D eigenvalue weighted by Gasteiger charge is -2.16. The van der Waals surface area contributed by atoms with Gasteiger partial charge in [0.2, 0.25) is 0 Å². The van der Waals surface area contributed by atoms with E-state index in [4.69, 9.17) is 6.42 Å². The number of terminal acetylenes is 1. The molecule has 2 heteroatoms. The summed E-state index contributed by atoms with van der Waals surface area (Å²) >= 11 is 3.42. The molecule has 15 heavy (non-hydrogen) atoms. The van der Waals surface area contributed by atoms with Gasteiger partial charge in [-0.05, 0) is 38.0 Å². The summed E-state index contributed by atoms with van der Waals surface area (Å²) in [7, 11) is 0. The van der Waals surface area contributed by atoms with E-state index in [-0.39, 0.29) is 6.04 Å². The van der Waals surface area contributed by atoms with Crippen LogP contribution in [0.25, 0.3) is 0 Å². The smallest absolute Gasteiger partial charge is 0.0660 e. The maximum atomic E-state index is 5.31. The summed E-state index contributed by atoms with van der Waals surface area (Å²) in [5.74, 6) is 2.67. The average Bonchev–Trinajstić information content (AvgIpc) is 2.21. The molecule has 0 heterocycles. The van der Waals surface area contributed by atoms with Crippen LogP contribution in [0.1, 0.15) is 19.4 Å². The van der Waals surface area contributed by atoms with Crippen LogP contribution in [0.2, 0.25) is 0 Å². The first-order valence-corrected chi connectivity index (χ1v) is 5.87. The Morgan fingerprint density at radius 3 is 2.47 bits per heavy atom. The van der Waals surface area contributed by atoms with E-state index in [0.29, 0.717) is 6.04 Å². The third-order valence-electron chi connectivity index (χ3n) is 2.24. The van der Waals surface area contributed by atoms with Crippen LogP contribution in [0.5, 0.6) is 0 Å². The van der Waals surface area contributed by atoms with E-state index in [9.17, 15) is 0 Å². The van der Waals surface area contributed by atoms with Crippen molar-refractivity contribution in [3.63, 3.8) is 0 Å². The molecule has 0 fully saturated rings. The summed E-state index contributed by atoms with van der Waals surface area (Å²) in [6.07, 6.45) is 6.31. The van der Waals surface area contributed by atoms with E-state index in [0.717, 1.165) is 10.9 Å². The fourth-order valence-corrected chi connectivity index (χ4v) is 1.77. The molecule has 0 saturated heterocycles. The molecule has 1 aromatic rings. The summed E-state index contributed by atoms with van der Waals surface area (Å²) in [5, 5.41) is 3.34. The van der Waals surface area contributed by atoms with Crippen molar-refractivity contribution in [2.45, 2.75) is 32.4 Å². The van der Waals surface area contributed by atoms with Gasteiger partial charge in [0.15, 0.2) is 0 Å². The van der Waals surface area contributed by atoms with Crippen molar-refractivity contribution < 1.29 is 0 Å². The molecule has 0 aliphatic heterocycles. The minimum atomic E-state index is 0.135. The van der Waals surface area contributed by atoms with Gasteiger partial charge in [-0.2, -0.15) is 0 Å². The summed E-state index contributed by atoms with van der Waals surface area (Å²) in [6, 6.07) is 8.91. The van der Waals surface area contributed by atoms with Crippen LogP contribution < -0.4 is 5.32 Å². The quantitative estimate of drug-likeness (QED) is 0.826. The lowest BCUT2D eigenvalue weighted by Crippen LogP contribution is -2.34. The molecule has 2 unspecified atom stereocenters. The summed E-state index contributed by atoms with van der Waals surface area (Å²) < 4.78 is 1.11. The number of rotatable bonds is 4. The molecule has 2 atom stereocenters. The van der Waals surface area contributed by atoms with Gasteiger partial charge in [-0.25, -0.2) is 0 Å². The van der Waals surface area contributed by atoms with Crippen LogP contribution in [-0.2, 0) is 6.42 Å². The zero-order chi connectivity index (χ0) is 11.3. The SMILES string of the molecule is C#CC(C)NC(C)Cc1ccc(Br)cc1. The second kappa shape index (κ2) is 5.95. The van der Waals surface area contributed by atoms with Crippen molar-refractivity contribution in [3.8, 4) is 12.3 Å². The molecular formula is C13H16BrN. The molecule has 0 aliphatic carbocycles. The zero-order valence-corrected chi connectivity index (χ0v) is 10.7. The van der Waals surface area contributed by atoms with Gasteiger partial charge in [0, 0.05) is 10.5 Å². The first-order valence-electron chi connectivity index (χ1n) is 5.08. The van der Waals surface area contributed by atoms with Gasteiger partial charge in [-0.1, -0.05) is 34.0 Å². The van der Waals surface area contributed by atoms with Crippen LogP contribution in [0.15, 0.2) is 28.7 Å². The summed E-state index contributed by atoms with van der Waals surface area (Å²) in [6.45, 7) is 4.15. The lowest BCUT2D eigenvalue weighted by molar-refractivity contribution is 0.522. The van der Waals surface area contributed by atoms with Gasteiger partial charge >= 0.3 is 0 Å². The molecule has 0 aliphatic rings. The Balaban J connectivity index is 2.48. The Bertz CT molecular complexity index is 337. The highest BCUT2D eigenvalue weighted by atomic mass is 79.9. The highest BCUT2D eigenvalue weighted by Gasteiger charge is 2.05. The van der Waals surface area contributed by atoms with E-state index < -0.39 is 0 Å². The molecule has 0 amide bonds. The molecular weight excluding hydrogens is 250 g/mol. The highest BCUT2D eigenvalue weighted by molar-refractivity contribution is 9.10. The number of halogens is 1. The largest absolute Gasteiger partial charge is 0.301 e. The Morgan fingerprint density at radius 2 is 1.93 bits per heavy atom. The maximum Gasteiger partial charge on any atom is 0.0660 e. The predicted octanol–water partition coefficient (Wildman–Crippen LogP) is 2.99. The molecule has 1 nitrogen and oxygen atoms in total. The number of nitrogens with one attached hydrogen (secondary N) is 1. The van der Waals surface area contributed by atoms with Crippen LogP contribution in [0.3, 0.4) is 0 Å². The second-order valence-electron chi connectivity index (χ2n) is 3.79. The first-order chi connectivity index (χ1) is 7.11. The molecule has 1 rings (SSSR count).